The fraction of sp³-hybridized carbons (Fsp3) is 0.556. The summed E-state index contributed by atoms with van der Waals surface area (Å²) in [4.78, 5) is 2.52. The molecule has 0 spiro atoms. The second kappa shape index (κ2) is 10.1. The van der Waals surface area contributed by atoms with Crippen molar-refractivity contribution >= 4 is 12.6 Å². The highest BCUT2D eigenvalue weighted by Crippen LogP contribution is 2.12. The number of alkyl halides is 2. The average molecular weight is 337 g/mol. The first-order chi connectivity index (χ1) is 11.7. The van der Waals surface area contributed by atoms with E-state index in [0.717, 1.165) is 12.8 Å². The molecule has 2 rings (SSSR count). The molecular formula is C18H25F2N3O. The van der Waals surface area contributed by atoms with Crippen LogP contribution in [0.15, 0.2) is 34.5 Å². The highest BCUT2D eigenvalue weighted by molar-refractivity contribution is 5.94. The Hall–Kier alpha value is -1.82. The summed E-state index contributed by atoms with van der Waals surface area (Å²) in [5.41, 5.74) is 1.85. The lowest BCUT2D eigenvalue weighted by atomic mass is 10.1. The van der Waals surface area contributed by atoms with Gasteiger partial charge in [-0.1, -0.05) is 12.1 Å². The number of halogens is 2. The van der Waals surface area contributed by atoms with Crippen LogP contribution in [-0.4, -0.2) is 50.2 Å². The molecule has 0 aromatic heterocycles. The molecule has 6 heteroatoms. The standard InChI is InChI=1S/C18H25F2N3O/c1-21-22-18(24-14-17(19)20)16-9-7-15(8-10-16)6-2-3-11-23-12-4-5-13-23/h7-10,17H,1-6,11-14H2/b22-18-. The first-order valence-corrected chi connectivity index (χ1v) is 8.45. The third-order valence-electron chi connectivity index (χ3n) is 4.10. The maximum absolute atomic E-state index is 12.3. The second-order valence-corrected chi connectivity index (χ2v) is 5.95. The van der Waals surface area contributed by atoms with E-state index in [1.165, 1.54) is 44.5 Å². The molecule has 0 radical (unpaired) electrons. The SMILES string of the molecule is C=N/N=C(\OCC(F)F)c1ccc(CCCCN2CCCC2)cc1. The topological polar surface area (TPSA) is 37.2 Å². The van der Waals surface area contributed by atoms with E-state index < -0.39 is 13.0 Å². The van der Waals surface area contributed by atoms with Gasteiger partial charge in [-0.05, 0) is 69.4 Å². The summed E-state index contributed by atoms with van der Waals surface area (Å²) in [5, 5.41) is 7.06. The van der Waals surface area contributed by atoms with Crippen LogP contribution < -0.4 is 0 Å². The quantitative estimate of drug-likeness (QED) is 0.298. The van der Waals surface area contributed by atoms with Crippen LogP contribution in [0, 0.1) is 0 Å². The van der Waals surface area contributed by atoms with E-state index >= 15 is 0 Å². The maximum atomic E-state index is 12.3. The van der Waals surface area contributed by atoms with E-state index in [1.807, 2.05) is 24.3 Å². The van der Waals surface area contributed by atoms with Gasteiger partial charge in [0.25, 0.3) is 6.43 Å². The van der Waals surface area contributed by atoms with E-state index in [0.29, 0.717) is 5.56 Å². The van der Waals surface area contributed by atoms with Crippen molar-refractivity contribution in [1.29, 1.82) is 0 Å². The van der Waals surface area contributed by atoms with Gasteiger partial charge in [-0.3, -0.25) is 0 Å². The summed E-state index contributed by atoms with van der Waals surface area (Å²) in [5.74, 6) is 0.0749. The summed E-state index contributed by atoms with van der Waals surface area (Å²) < 4.78 is 29.5. The highest BCUT2D eigenvalue weighted by Gasteiger charge is 2.11. The summed E-state index contributed by atoms with van der Waals surface area (Å²) in [7, 11) is 0. The van der Waals surface area contributed by atoms with Gasteiger partial charge in [-0.25, -0.2) is 8.78 Å². The molecule has 4 nitrogen and oxygen atoms in total. The van der Waals surface area contributed by atoms with Crippen LogP contribution >= 0.6 is 0 Å². The summed E-state index contributed by atoms with van der Waals surface area (Å²) in [6.07, 6.45) is 3.48. The zero-order valence-corrected chi connectivity index (χ0v) is 14.0. The Labute approximate surface area is 142 Å². The van der Waals surface area contributed by atoms with E-state index in [-0.39, 0.29) is 5.90 Å². The number of rotatable bonds is 9. The molecule has 0 N–H and O–H groups in total. The average Bonchev–Trinajstić information content (AvgIpc) is 3.09. The van der Waals surface area contributed by atoms with Crippen molar-refractivity contribution in [1.82, 2.24) is 4.90 Å². The van der Waals surface area contributed by atoms with E-state index in [1.54, 1.807) is 0 Å². The van der Waals surface area contributed by atoms with Crippen LogP contribution in [0.1, 0.15) is 36.8 Å². The molecule has 1 heterocycles. The van der Waals surface area contributed by atoms with Crippen molar-refractivity contribution in [2.24, 2.45) is 10.2 Å². The Kier molecular flexibility index (Phi) is 7.82. The summed E-state index contributed by atoms with van der Waals surface area (Å²) in [6, 6.07) is 7.61. The molecule has 1 fully saturated rings. The molecule has 0 bridgehead atoms. The van der Waals surface area contributed by atoms with Gasteiger partial charge in [0.1, 0.15) is 0 Å². The van der Waals surface area contributed by atoms with Crippen molar-refractivity contribution in [3.8, 4) is 0 Å². The van der Waals surface area contributed by atoms with Crippen LogP contribution in [0.25, 0.3) is 0 Å². The molecule has 0 amide bonds. The van der Waals surface area contributed by atoms with Crippen molar-refractivity contribution in [3.63, 3.8) is 0 Å². The highest BCUT2D eigenvalue weighted by atomic mass is 19.3. The van der Waals surface area contributed by atoms with Gasteiger partial charge in [-0.2, -0.15) is 5.10 Å². The number of ether oxygens (including phenoxy) is 1. The second-order valence-electron chi connectivity index (χ2n) is 5.95. The third-order valence-corrected chi connectivity index (χ3v) is 4.10. The Morgan fingerprint density at radius 1 is 1.17 bits per heavy atom. The predicted molar refractivity (Wildman–Crippen MR) is 93.1 cm³/mol. The summed E-state index contributed by atoms with van der Waals surface area (Å²) in [6.45, 7) is 6.21. The molecule has 1 aromatic carbocycles. The number of benzene rings is 1. The molecular weight excluding hydrogens is 312 g/mol. The molecule has 0 aliphatic carbocycles. The first kappa shape index (κ1) is 18.5. The largest absolute Gasteiger partial charge is 0.470 e. The summed E-state index contributed by atoms with van der Waals surface area (Å²) >= 11 is 0. The lowest BCUT2D eigenvalue weighted by molar-refractivity contribution is 0.0765. The van der Waals surface area contributed by atoms with Gasteiger partial charge in [0.15, 0.2) is 6.61 Å². The molecule has 1 aromatic rings. The molecule has 1 aliphatic heterocycles. The number of hydrogen-bond acceptors (Lipinski definition) is 4. The number of aryl methyl sites for hydroxylation is 1. The van der Waals surface area contributed by atoms with Crippen LogP contribution in [0.2, 0.25) is 0 Å². The van der Waals surface area contributed by atoms with E-state index in [2.05, 4.69) is 21.8 Å². The lowest BCUT2D eigenvalue weighted by Gasteiger charge is -2.13. The molecule has 0 saturated carbocycles. The number of nitrogens with zero attached hydrogens (tertiary/aromatic N) is 3. The fourth-order valence-corrected chi connectivity index (χ4v) is 2.86. The molecule has 1 saturated heterocycles. The normalized spacial score (nSPS) is 15.9. The van der Waals surface area contributed by atoms with Crippen molar-refractivity contribution < 1.29 is 13.5 Å². The Morgan fingerprint density at radius 3 is 2.50 bits per heavy atom. The van der Waals surface area contributed by atoms with Gasteiger partial charge >= 0.3 is 0 Å². The Bertz CT molecular complexity index is 526. The fourth-order valence-electron chi connectivity index (χ4n) is 2.86. The van der Waals surface area contributed by atoms with Crippen LogP contribution in [-0.2, 0) is 11.2 Å². The number of hydrogen-bond donors (Lipinski definition) is 0. The van der Waals surface area contributed by atoms with Gasteiger partial charge in [0.05, 0.1) is 0 Å². The lowest BCUT2D eigenvalue weighted by Crippen LogP contribution is -2.20. The minimum absolute atomic E-state index is 0.0749. The predicted octanol–water partition coefficient (Wildman–Crippen LogP) is 3.75. The number of unbranched alkanes of at least 4 members (excludes halogenated alkanes) is 1. The van der Waals surface area contributed by atoms with Crippen LogP contribution in [0.4, 0.5) is 8.78 Å². The minimum Gasteiger partial charge on any atom is -0.470 e. The van der Waals surface area contributed by atoms with Gasteiger partial charge in [0, 0.05) is 12.3 Å². The molecule has 0 unspecified atom stereocenters. The smallest absolute Gasteiger partial charge is 0.272 e. The van der Waals surface area contributed by atoms with Crippen molar-refractivity contribution in [3.05, 3.63) is 35.4 Å². The van der Waals surface area contributed by atoms with E-state index in [4.69, 9.17) is 4.74 Å². The van der Waals surface area contributed by atoms with Gasteiger partial charge < -0.3 is 9.64 Å². The third kappa shape index (κ3) is 6.35. The Balaban J connectivity index is 1.79. The maximum Gasteiger partial charge on any atom is 0.272 e. The molecule has 132 valence electrons. The molecule has 24 heavy (non-hydrogen) atoms. The number of likely N-dealkylation sites (tertiary alicyclic amines) is 1. The zero-order chi connectivity index (χ0) is 17.2. The monoisotopic (exact) mass is 337 g/mol. The van der Waals surface area contributed by atoms with Crippen LogP contribution in [0.5, 0.6) is 0 Å². The van der Waals surface area contributed by atoms with Gasteiger partial charge in [-0.15, -0.1) is 5.10 Å². The van der Waals surface area contributed by atoms with Gasteiger partial charge in [0.2, 0.25) is 5.90 Å². The van der Waals surface area contributed by atoms with Crippen LogP contribution in [0.3, 0.4) is 0 Å². The Morgan fingerprint density at radius 2 is 1.88 bits per heavy atom. The molecule has 1 aliphatic rings. The zero-order valence-electron chi connectivity index (χ0n) is 14.0. The minimum atomic E-state index is -2.55. The van der Waals surface area contributed by atoms with Crippen molar-refractivity contribution in [2.75, 3.05) is 26.2 Å². The van der Waals surface area contributed by atoms with E-state index in [9.17, 15) is 8.78 Å². The van der Waals surface area contributed by atoms with Crippen molar-refractivity contribution in [2.45, 2.75) is 38.5 Å². The molecule has 0 atom stereocenters. The first-order valence-electron chi connectivity index (χ1n) is 8.45.